The number of epoxide rings is 1. The standard InChI is InChI=1S/C30H44FNOSi/c1-10-30(7)28(33-30)19-18-22(2)14-13-15-23(3)26(31)20-24-21-32(34(8,9)29(4,5)6)27-17-12-11-16-25(24)27/h10-12,14,16-17,21,28H,1,13,15,18-20H2,2-9H3/b22-14+,26-23-/t28-,30-/m0/s1. The summed E-state index contributed by atoms with van der Waals surface area (Å²) < 4.78 is 23.5. The smallest absolute Gasteiger partial charge is 0.161 e. The molecule has 1 aliphatic heterocycles. The van der Waals surface area contributed by atoms with E-state index in [0.29, 0.717) is 12.5 Å². The largest absolute Gasteiger partial charge is 0.374 e. The quantitative estimate of drug-likeness (QED) is 0.188. The number of allylic oxidation sites excluding steroid dienone is 4. The number of rotatable bonds is 10. The minimum absolute atomic E-state index is 0.0114. The van der Waals surface area contributed by atoms with Crippen molar-refractivity contribution in [3.05, 3.63) is 71.7 Å². The maximum absolute atomic E-state index is 15.3. The monoisotopic (exact) mass is 481 g/mol. The van der Waals surface area contributed by atoms with Gasteiger partial charge >= 0.3 is 0 Å². The van der Waals surface area contributed by atoms with Gasteiger partial charge < -0.3 is 8.97 Å². The van der Waals surface area contributed by atoms with Crippen molar-refractivity contribution in [3.8, 4) is 0 Å². The molecule has 1 aromatic carbocycles. The van der Waals surface area contributed by atoms with Gasteiger partial charge in [-0.25, -0.2) is 4.39 Å². The number of ether oxygens (including phenoxy) is 1. The Kier molecular flexibility index (Phi) is 7.84. The molecule has 2 atom stereocenters. The van der Waals surface area contributed by atoms with E-state index in [-0.39, 0.29) is 16.5 Å². The molecule has 0 spiro atoms. The molecule has 0 saturated carbocycles. The van der Waals surface area contributed by atoms with Crippen LogP contribution in [-0.2, 0) is 11.2 Å². The summed E-state index contributed by atoms with van der Waals surface area (Å²) in [5, 5.41) is 1.39. The summed E-state index contributed by atoms with van der Waals surface area (Å²) >= 11 is 0. The lowest BCUT2D eigenvalue weighted by Crippen LogP contribution is -2.44. The number of benzene rings is 1. The van der Waals surface area contributed by atoms with Gasteiger partial charge in [-0.2, -0.15) is 0 Å². The van der Waals surface area contributed by atoms with Crippen LogP contribution >= 0.6 is 0 Å². The summed E-state index contributed by atoms with van der Waals surface area (Å²) in [7, 11) is -1.80. The number of para-hydroxylation sites is 1. The zero-order valence-corrected chi connectivity index (χ0v) is 23.6. The van der Waals surface area contributed by atoms with Crippen molar-refractivity contribution in [3.63, 3.8) is 0 Å². The average Bonchev–Trinajstić information content (AvgIpc) is 3.29. The van der Waals surface area contributed by atoms with Crippen LogP contribution in [0.2, 0.25) is 18.1 Å². The molecule has 0 N–H and O–H groups in total. The summed E-state index contributed by atoms with van der Waals surface area (Å²) in [4.78, 5) is 0. The average molecular weight is 482 g/mol. The van der Waals surface area contributed by atoms with E-state index in [9.17, 15) is 0 Å². The van der Waals surface area contributed by atoms with Gasteiger partial charge in [0.1, 0.15) is 11.4 Å². The van der Waals surface area contributed by atoms with Gasteiger partial charge in [-0.1, -0.05) is 69.8 Å². The SMILES string of the molecule is C=C[C@]1(C)O[C@H]1CC/C(C)=C/CC/C(C)=C(\F)Cc1cn([Si](C)(C)C(C)(C)C)c2ccccc12. The van der Waals surface area contributed by atoms with Crippen LogP contribution in [0, 0.1) is 0 Å². The fraction of sp³-hybridized carbons (Fsp3) is 0.533. The van der Waals surface area contributed by atoms with E-state index in [1.807, 2.05) is 13.0 Å². The second-order valence-corrected chi connectivity index (χ2v) is 16.9. The van der Waals surface area contributed by atoms with Crippen LogP contribution in [0.3, 0.4) is 0 Å². The molecule has 34 heavy (non-hydrogen) atoms. The van der Waals surface area contributed by atoms with Crippen LogP contribution in [0.4, 0.5) is 4.39 Å². The summed E-state index contributed by atoms with van der Waals surface area (Å²) in [5.41, 5.74) is 4.42. The zero-order valence-electron chi connectivity index (χ0n) is 22.6. The van der Waals surface area contributed by atoms with Gasteiger partial charge in [0.15, 0.2) is 8.24 Å². The van der Waals surface area contributed by atoms with Crippen LogP contribution in [0.1, 0.15) is 72.8 Å². The lowest BCUT2D eigenvalue weighted by atomic mass is 10.0. The molecule has 0 bridgehead atoms. The van der Waals surface area contributed by atoms with Gasteiger partial charge in [0, 0.05) is 17.3 Å². The number of fused-ring (bicyclic) bond motifs is 1. The second-order valence-electron chi connectivity index (χ2n) is 11.8. The molecule has 0 radical (unpaired) electrons. The highest BCUT2D eigenvalue weighted by Crippen LogP contribution is 2.41. The van der Waals surface area contributed by atoms with E-state index in [1.165, 1.54) is 16.5 Å². The van der Waals surface area contributed by atoms with Crippen LogP contribution in [-0.4, -0.2) is 24.2 Å². The Morgan fingerprint density at radius 1 is 1.21 bits per heavy atom. The molecule has 1 aromatic heterocycles. The number of hydrogen-bond acceptors (Lipinski definition) is 1. The van der Waals surface area contributed by atoms with Gasteiger partial charge in [-0.3, -0.25) is 0 Å². The van der Waals surface area contributed by atoms with E-state index >= 15 is 4.39 Å². The third-order valence-electron chi connectivity index (χ3n) is 8.24. The van der Waals surface area contributed by atoms with Crippen molar-refractivity contribution in [2.24, 2.45) is 0 Å². The molecular formula is C30H44FNOSi. The zero-order chi connectivity index (χ0) is 25.3. The number of halogens is 1. The summed E-state index contributed by atoms with van der Waals surface area (Å²) in [6.45, 7) is 21.8. The van der Waals surface area contributed by atoms with E-state index in [2.05, 4.69) is 95.1 Å². The molecule has 2 heterocycles. The van der Waals surface area contributed by atoms with Gasteiger partial charge in [0.2, 0.25) is 0 Å². The lowest BCUT2D eigenvalue weighted by Gasteiger charge is -2.38. The van der Waals surface area contributed by atoms with Crippen LogP contribution in [0.5, 0.6) is 0 Å². The Hall–Kier alpha value is -1.91. The molecule has 3 rings (SSSR count). The number of nitrogens with zero attached hydrogens (tertiary/aromatic N) is 1. The van der Waals surface area contributed by atoms with Crippen LogP contribution in [0.15, 0.2) is 66.2 Å². The normalized spacial score (nSPS) is 22.1. The van der Waals surface area contributed by atoms with Crippen LogP contribution < -0.4 is 0 Å². The summed E-state index contributed by atoms with van der Waals surface area (Å²) in [6.07, 6.45) is 10.7. The molecule has 0 aliphatic carbocycles. The van der Waals surface area contributed by atoms with E-state index in [0.717, 1.165) is 36.8 Å². The molecule has 186 valence electrons. The topological polar surface area (TPSA) is 17.5 Å². The molecule has 1 aliphatic rings. The van der Waals surface area contributed by atoms with Crippen molar-refractivity contribution in [2.75, 3.05) is 0 Å². The first-order chi connectivity index (χ1) is 15.8. The first-order valence-electron chi connectivity index (χ1n) is 12.7. The Morgan fingerprint density at radius 3 is 2.50 bits per heavy atom. The van der Waals surface area contributed by atoms with Gasteiger partial charge in [0.05, 0.1) is 6.10 Å². The van der Waals surface area contributed by atoms with Gasteiger partial charge in [-0.15, -0.1) is 6.58 Å². The van der Waals surface area contributed by atoms with Crippen molar-refractivity contribution in [2.45, 2.75) is 103 Å². The van der Waals surface area contributed by atoms with Crippen molar-refractivity contribution < 1.29 is 9.13 Å². The second kappa shape index (κ2) is 9.99. The Morgan fingerprint density at radius 2 is 1.88 bits per heavy atom. The van der Waals surface area contributed by atoms with Crippen LogP contribution in [0.25, 0.3) is 10.9 Å². The fourth-order valence-corrected chi connectivity index (χ4v) is 6.46. The molecule has 1 saturated heterocycles. The minimum Gasteiger partial charge on any atom is -0.374 e. The Labute approximate surface area is 207 Å². The highest BCUT2D eigenvalue weighted by Gasteiger charge is 2.48. The van der Waals surface area contributed by atoms with Crippen molar-refractivity contribution in [1.29, 1.82) is 0 Å². The fourth-order valence-electron chi connectivity index (χ4n) is 4.46. The molecule has 0 amide bonds. The third kappa shape index (κ3) is 5.66. The first-order valence-corrected chi connectivity index (χ1v) is 15.7. The first kappa shape index (κ1) is 26.7. The third-order valence-corrected chi connectivity index (χ3v) is 13.5. The van der Waals surface area contributed by atoms with Crippen molar-refractivity contribution in [1.82, 2.24) is 4.23 Å². The molecule has 1 fully saturated rings. The molecule has 0 unspecified atom stereocenters. The maximum Gasteiger partial charge on any atom is 0.161 e. The highest BCUT2D eigenvalue weighted by atomic mass is 28.3. The predicted octanol–water partition coefficient (Wildman–Crippen LogP) is 9.13. The van der Waals surface area contributed by atoms with E-state index in [4.69, 9.17) is 4.74 Å². The summed E-state index contributed by atoms with van der Waals surface area (Å²) in [6, 6.07) is 8.49. The summed E-state index contributed by atoms with van der Waals surface area (Å²) in [5.74, 6) is 0.0114. The van der Waals surface area contributed by atoms with Gasteiger partial charge in [0.25, 0.3) is 0 Å². The number of hydrogen-bond donors (Lipinski definition) is 0. The molecular weight excluding hydrogens is 437 g/mol. The predicted molar refractivity (Wildman–Crippen MR) is 148 cm³/mol. The Balaban J connectivity index is 1.67. The molecule has 4 heteroatoms. The van der Waals surface area contributed by atoms with E-state index in [1.54, 1.807) is 0 Å². The molecule has 2 aromatic rings. The maximum atomic E-state index is 15.3. The van der Waals surface area contributed by atoms with E-state index < -0.39 is 8.24 Å². The van der Waals surface area contributed by atoms with Crippen molar-refractivity contribution >= 4 is 19.1 Å². The Bertz CT molecular complexity index is 1100. The lowest BCUT2D eigenvalue weighted by molar-refractivity contribution is 0.338. The minimum atomic E-state index is -1.80. The van der Waals surface area contributed by atoms with Gasteiger partial charge in [-0.05, 0) is 74.9 Å². The molecule has 2 nitrogen and oxygen atoms in total. The highest BCUT2D eigenvalue weighted by molar-refractivity contribution is 6.79. The number of aromatic nitrogens is 1.